The van der Waals surface area contributed by atoms with Crippen molar-refractivity contribution in [1.29, 1.82) is 0 Å². The number of carbonyl (C=O) groups excluding carboxylic acids is 1. The second-order valence-corrected chi connectivity index (χ2v) is 9.10. The van der Waals surface area contributed by atoms with Crippen LogP contribution in [0, 0.1) is 22.7 Å². The van der Waals surface area contributed by atoms with Gasteiger partial charge < -0.3 is 9.47 Å². The van der Waals surface area contributed by atoms with Gasteiger partial charge in [0.2, 0.25) is 0 Å². The number of ketones is 1. The summed E-state index contributed by atoms with van der Waals surface area (Å²) in [4.78, 5) is 13.3. The van der Waals surface area contributed by atoms with Crippen LogP contribution < -0.4 is 0 Å². The molecule has 2 unspecified atom stereocenters. The van der Waals surface area contributed by atoms with Crippen LogP contribution in [-0.2, 0) is 14.3 Å². The minimum absolute atomic E-state index is 0.0895. The Bertz CT molecular complexity index is 304. The highest BCUT2D eigenvalue weighted by molar-refractivity contribution is 5.85. The average molecular weight is 343 g/mol. The molecule has 0 aliphatic carbocycles. The first-order valence-electron chi connectivity index (χ1n) is 9.74. The van der Waals surface area contributed by atoms with E-state index < -0.39 is 0 Å². The molecule has 0 spiro atoms. The molecule has 0 bridgehead atoms. The van der Waals surface area contributed by atoms with Crippen molar-refractivity contribution in [1.82, 2.24) is 0 Å². The summed E-state index contributed by atoms with van der Waals surface area (Å²) in [5.41, 5.74) is -0.202. The summed E-state index contributed by atoms with van der Waals surface area (Å²) in [5.74, 6) is 0.115. The quantitative estimate of drug-likeness (QED) is 0.438. The maximum Gasteiger partial charge on any atom is 0.144 e. The topological polar surface area (TPSA) is 35.5 Å². The summed E-state index contributed by atoms with van der Waals surface area (Å²) in [7, 11) is 0. The van der Waals surface area contributed by atoms with Crippen LogP contribution in [0.2, 0.25) is 0 Å². The summed E-state index contributed by atoms with van der Waals surface area (Å²) >= 11 is 0. The third-order valence-corrected chi connectivity index (χ3v) is 4.63. The Hall–Kier alpha value is -0.410. The Labute approximate surface area is 150 Å². The molecule has 3 nitrogen and oxygen atoms in total. The average Bonchev–Trinajstić information content (AvgIpc) is 2.44. The maximum absolute atomic E-state index is 13.3. The second kappa shape index (κ2) is 11.3. The van der Waals surface area contributed by atoms with Gasteiger partial charge in [-0.25, -0.2) is 0 Å². The van der Waals surface area contributed by atoms with Crippen LogP contribution in [0.4, 0.5) is 0 Å². The third kappa shape index (κ3) is 9.17. The van der Waals surface area contributed by atoms with E-state index in [9.17, 15) is 4.79 Å². The lowest BCUT2D eigenvalue weighted by Gasteiger charge is -2.37. The van der Waals surface area contributed by atoms with Gasteiger partial charge in [0.05, 0.1) is 13.2 Å². The van der Waals surface area contributed by atoms with E-state index in [1.165, 1.54) is 0 Å². The fourth-order valence-corrected chi connectivity index (χ4v) is 2.66. The molecule has 144 valence electrons. The molecule has 0 fully saturated rings. The molecule has 0 aliphatic heterocycles. The number of carbonyl (C=O) groups is 1. The van der Waals surface area contributed by atoms with Crippen LogP contribution in [0.15, 0.2) is 0 Å². The highest BCUT2D eigenvalue weighted by atomic mass is 16.5. The molecule has 0 aromatic heterocycles. The molecule has 0 aromatic rings. The predicted molar refractivity (Wildman–Crippen MR) is 102 cm³/mol. The zero-order chi connectivity index (χ0) is 18.8. The fourth-order valence-electron chi connectivity index (χ4n) is 2.66. The van der Waals surface area contributed by atoms with Crippen molar-refractivity contribution >= 4 is 5.78 Å². The number of hydrogen-bond acceptors (Lipinski definition) is 3. The van der Waals surface area contributed by atoms with Crippen molar-refractivity contribution in [2.75, 3.05) is 26.4 Å². The Balaban J connectivity index is 4.99. The van der Waals surface area contributed by atoms with E-state index in [0.717, 1.165) is 38.9 Å². The van der Waals surface area contributed by atoms with Crippen molar-refractivity contribution in [3.8, 4) is 0 Å². The molecule has 0 aliphatic rings. The van der Waals surface area contributed by atoms with E-state index in [4.69, 9.17) is 9.47 Å². The van der Waals surface area contributed by atoms with Gasteiger partial charge in [0.25, 0.3) is 0 Å². The van der Waals surface area contributed by atoms with Crippen molar-refractivity contribution in [3.05, 3.63) is 0 Å². The largest absolute Gasteiger partial charge is 0.381 e. The summed E-state index contributed by atoms with van der Waals surface area (Å²) in [6.45, 7) is 19.6. The molecule has 3 heteroatoms. The first-order chi connectivity index (χ1) is 11.1. The smallest absolute Gasteiger partial charge is 0.144 e. The first kappa shape index (κ1) is 23.6. The molecule has 0 amide bonds. The molecule has 0 N–H and O–H groups in total. The maximum atomic E-state index is 13.3. The van der Waals surface area contributed by atoms with Gasteiger partial charge in [0, 0.05) is 25.0 Å². The van der Waals surface area contributed by atoms with Crippen LogP contribution >= 0.6 is 0 Å². The lowest BCUT2D eigenvalue weighted by atomic mass is 9.69. The van der Waals surface area contributed by atoms with Gasteiger partial charge in [-0.2, -0.15) is 0 Å². The molecule has 0 heterocycles. The Kier molecular flexibility index (Phi) is 11.1. The lowest BCUT2D eigenvalue weighted by molar-refractivity contribution is -0.139. The summed E-state index contributed by atoms with van der Waals surface area (Å²) in [6.07, 6.45) is 4.33. The Morgan fingerprint density at radius 1 is 0.750 bits per heavy atom. The standard InChI is InChI=1S/C21H42O3/c1-9-11-13-23-15-17(20(3,4)5)19(22)18(21(6,7)8)16-24-14-12-10-2/h17-18H,9-16H2,1-8H3. The number of hydrogen-bond donors (Lipinski definition) is 0. The van der Waals surface area contributed by atoms with Gasteiger partial charge in [-0.3, -0.25) is 4.79 Å². The van der Waals surface area contributed by atoms with Crippen LogP contribution in [0.5, 0.6) is 0 Å². The van der Waals surface area contributed by atoms with Gasteiger partial charge in [-0.1, -0.05) is 68.2 Å². The van der Waals surface area contributed by atoms with Gasteiger partial charge >= 0.3 is 0 Å². The molecule has 0 rings (SSSR count). The van der Waals surface area contributed by atoms with Crippen LogP contribution in [0.3, 0.4) is 0 Å². The second-order valence-electron chi connectivity index (χ2n) is 9.10. The van der Waals surface area contributed by atoms with Gasteiger partial charge in [0.15, 0.2) is 0 Å². The van der Waals surface area contributed by atoms with E-state index in [2.05, 4.69) is 55.4 Å². The number of unbranched alkanes of at least 4 members (excludes halogenated alkanes) is 2. The molecule has 0 aromatic carbocycles. The van der Waals surface area contributed by atoms with E-state index in [0.29, 0.717) is 19.0 Å². The molecule has 0 radical (unpaired) electrons. The highest BCUT2D eigenvalue weighted by Crippen LogP contribution is 2.35. The van der Waals surface area contributed by atoms with E-state index in [1.807, 2.05) is 0 Å². The summed E-state index contributed by atoms with van der Waals surface area (Å²) in [6, 6.07) is 0. The van der Waals surface area contributed by atoms with Crippen molar-refractivity contribution in [2.45, 2.75) is 81.1 Å². The van der Waals surface area contributed by atoms with E-state index in [-0.39, 0.29) is 22.7 Å². The molecule has 0 saturated carbocycles. The zero-order valence-corrected chi connectivity index (χ0v) is 17.5. The van der Waals surface area contributed by atoms with Crippen molar-refractivity contribution in [3.63, 3.8) is 0 Å². The molecule has 0 saturated heterocycles. The SMILES string of the molecule is CCCCOCC(C(=O)C(COCCCC)C(C)(C)C)C(C)(C)C. The van der Waals surface area contributed by atoms with Gasteiger partial charge in [-0.05, 0) is 23.7 Å². The number of ether oxygens (including phenoxy) is 2. The predicted octanol–water partition coefficient (Wildman–Crippen LogP) is 5.51. The normalized spacial score (nSPS) is 15.3. The first-order valence-corrected chi connectivity index (χ1v) is 9.74. The minimum atomic E-state index is -0.101. The van der Waals surface area contributed by atoms with E-state index >= 15 is 0 Å². The Morgan fingerprint density at radius 2 is 1.08 bits per heavy atom. The van der Waals surface area contributed by atoms with Crippen molar-refractivity contribution in [2.24, 2.45) is 22.7 Å². The lowest BCUT2D eigenvalue weighted by Crippen LogP contribution is -2.43. The molecular weight excluding hydrogens is 300 g/mol. The number of rotatable bonds is 12. The van der Waals surface area contributed by atoms with Crippen molar-refractivity contribution < 1.29 is 14.3 Å². The monoisotopic (exact) mass is 342 g/mol. The minimum Gasteiger partial charge on any atom is -0.381 e. The van der Waals surface area contributed by atoms with Crippen LogP contribution in [-0.4, -0.2) is 32.2 Å². The molecular formula is C21H42O3. The zero-order valence-electron chi connectivity index (χ0n) is 17.5. The van der Waals surface area contributed by atoms with E-state index in [1.54, 1.807) is 0 Å². The van der Waals surface area contributed by atoms with Gasteiger partial charge in [0.1, 0.15) is 5.78 Å². The highest BCUT2D eigenvalue weighted by Gasteiger charge is 2.40. The molecule has 24 heavy (non-hydrogen) atoms. The Morgan fingerprint density at radius 3 is 1.33 bits per heavy atom. The van der Waals surface area contributed by atoms with Crippen LogP contribution in [0.1, 0.15) is 81.1 Å². The third-order valence-electron chi connectivity index (χ3n) is 4.63. The number of Topliss-reactive ketones (excluding diaryl/α,β-unsaturated/α-hetero) is 1. The molecule has 2 atom stereocenters. The summed E-state index contributed by atoms with van der Waals surface area (Å²) in [5, 5.41) is 0. The summed E-state index contributed by atoms with van der Waals surface area (Å²) < 4.78 is 11.7. The van der Waals surface area contributed by atoms with Gasteiger partial charge in [-0.15, -0.1) is 0 Å². The fraction of sp³-hybridized carbons (Fsp3) is 0.952. The van der Waals surface area contributed by atoms with Crippen LogP contribution in [0.25, 0.3) is 0 Å².